The maximum Gasteiger partial charge on any atom is 0.411 e. The first-order valence-electron chi connectivity index (χ1n) is 25.1. The molecule has 0 radical (unpaired) electrons. The van der Waals surface area contributed by atoms with Gasteiger partial charge in [0.25, 0.3) is 22.7 Å². The van der Waals surface area contributed by atoms with Gasteiger partial charge in [-0.15, -0.1) is 0 Å². The number of aromatic nitrogens is 1. The Bertz CT molecular complexity index is 2840. The zero-order valence-corrected chi connectivity index (χ0v) is 43.8. The Kier molecular flexibility index (Phi) is 21.3. The number of imide groups is 1. The number of benzene rings is 1. The van der Waals surface area contributed by atoms with Crippen molar-refractivity contribution < 1.29 is 81.4 Å². The van der Waals surface area contributed by atoms with Gasteiger partial charge in [-0.05, 0) is 55.5 Å². The van der Waals surface area contributed by atoms with Crippen LogP contribution in [0.15, 0.2) is 64.5 Å². The van der Waals surface area contributed by atoms with Crippen molar-refractivity contribution in [3.05, 3.63) is 80.9 Å². The van der Waals surface area contributed by atoms with Gasteiger partial charge in [-0.3, -0.25) is 48.3 Å². The highest BCUT2D eigenvalue weighted by Gasteiger charge is 2.48. The minimum Gasteiger partial charge on any atom is -0.479 e. The Labute approximate surface area is 447 Å². The van der Waals surface area contributed by atoms with Gasteiger partial charge in [-0.25, -0.2) is 18.0 Å². The Hall–Kier alpha value is -7.37. The molecule has 424 valence electrons. The predicted molar refractivity (Wildman–Crippen MR) is 275 cm³/mol. The van der Waals surface area contributed by atoms with E-state index < -0.39 is 106 Å². The number of carbonyl (C=O) groups excluding carboxylic acids is 6. The molecule has 5 atom stereocenters. The molecule has 0 spiro atoms. The van der Waals surface area contributed by atoms with Crippen molar-refractivity contribution in [3.8, 4) is 5.75 Å². The van der Waals surface area contributed by atoms with E-state index in [0.717, 1.165) is 58.8 Å². The first-order chi connectivity index (χ1) is 37.1. The van der Waals surface area contributed by atoms with Crippen LogP contribution in [0.4, 0.5) is 27.5 Å². The topological polar surface area (TPSA) is 368 Å². The second-order valence-electron chi connectivity index (χ2n) is 18.9. The number of rotatable bonds is 28. The molecule has 1 aromatic heterocycles. The molecule has 0 unspecified atom stereocenters. The number of carboxylic acids is 1. The van der Waals surface area contributed by atoms with Crippen molar-refractivity contribution in [3.63, 3.8) is 0 Å². The number of amides is 6. The van der Waals surface area contributed by atoms with Crippen LogP contribution in [0, 0.1) is 0 Å². The highest BCUT2D eigenvalue weighted by Crippen LogP contribution is 2.32. The monoisotopic (exact) mass is 1110 g/mol. The fourth-order valence-electron chi connectivity index (χ4n) is 8.44. The number of ether oxygens (including phenoxy) is 4. The van der Waals surface area contributed by atoms with E-state index in [1.165, 1.54) is 25.2 Å². The van der Waals surface area contributed by atoms with Gasteiger partial charge in [0.1, 0.15) is 58.6 Å². The normalized spacial score (nSPS) is 19.6. The number of pyridine rings is 1. The summed E-state index contributed by atoms with van der Waals surface area (Å²) in [6, 6.07) is 7.23. The lowest BCUT2D eigenvalue weighted by molar-refractivity contribution is -0.271. The molecule has 3 aliphatic heterocycles. The molecule has 7 N–H and O–H groups in total. The van der Waals surface area contributed by atoms with Gasteiger partial charge in [0.05, 0.1) is 24.1 Å². The molecule has 0 bridgehead atoms. The lowest BCUT2D eigenvalue weighted by Gasteiger charge is -2.38. The maximum absolute atomic E-state index is 13.5. The summed E-state index contributed by atoms with van der Waals surface area (Å²) in [6.07, 6.45) is -0.151. The number of piperidine rings is 1. The SMILES string of the molecule is CN(CC(=O)Nc1cc(COC(=O)N(CCS(C)(=O)=O)COC2CCN(C(=O)CCCCCCCNc3c(Nc4ccncc4)c(=O)c3=O)CC2)ccc1O[C@@H]1O[C@H](C(=O)O)[C@@H](O)[C@H](O)[C@H]1O)C(=O)CCN1C(=O)C=CC1=O. The number of likely N-dealkylation sites (N-methyl/N-ethyl adjacent to an activating group) is 1. The van der Waals surface area contributed by atoms with E-state index >= 15 is 0 Å². The van der Waals surface area contributed by atoms with Crippen molar-refractivity contribution in [2.45, 2.75) is 101 Å². The fourth-order valence-corrected chi connectivity index (χ4v) is 8.99. The zero-order valence-electron chi connectivity index (χ0n) is 42.9. The number of nitrogens with one attached hydrogen (secondary N) is 3. The van der Waals surface area contributed by atoms with Gasteiger partial charge in [0.15, 0.2) is 6.10 Å². The summed E-state index contributed by atoms with van der Waals surface area (Å²) in [6.45, 7) is -0.662. The Balaban J connectivity index is 0.973. The smallest absolute Gasteiger partial charge is 0.411 e. The van der Waals surface area contributed by atoms with Gasteiger partial charge < -0.3 is 65.1 Å². The standard InChI is InChI=1S/C50H64N8O19S/c1-55(36(60)17-23-58-38(62)11-12-39(58)63)27-35(59)54-33-26-30(9-10-34(33)76-49-46(68)44(66)45(67)47(77-49)48(69)70)28-74-50(71)57(24-25-78(2,72)73)29-75-32-15-21-56(22-16-32)37(61)8-6-4-3-5-7-18-52-40-41(43(65)42(40)64)53-31-13-19-51-20-14-31/h9-14,19-20,26,32,44-47,49,52,66-68H,3-8,15-18,21-25,27-29H2,1-2H3,(H,51,53)(H,54,59)(H,69,70)/t44-,45-,46+,47-,49+/m0/s1. The quantitative estimate of drug-likeness (QED) is 0.0214. The number of hydrogen-bond acceptors (Lipinski definition) is 21. The number of aliphatic carboxylic acids is 1. The van der Waals surface area contributed by atoms with Crippen molar-refractivity contribution >= 4 is 74.2 Å². The molecule has 3 aliphatic rings. The van der Waals surface area contributed by atoms with Crippen molar-refractivity contribution in [2.24, 2.45) is 0 Å². The number of carboxylic acid groups (broad SMARTS) is 1. The van der Waals surface area contributed by atoms with Crippen LogP contribution in [0.2, 0.25) is 0 Å². The molecular weight excluding hydrogens is 1050 g/mol. The molecule has 6 rings (SSSR count). The molecule has 0 aliphatic carbocycles. The van der Waals surface area contributed by atoms with Gasteiger partial charge in [-0.1, -0.05) is 25.3 Å². The minimum absolute atomic E-state index is 0.00125. The number of hydrogen-bond donors (Lipinski definition) is 7. The molecule has 6 amide bonds. The van der Waals surface area contributed by atoms with Gasteiger partial charge in [0.2, 0.25) is 24.0 Å². The fraction of sp³-hybridized carbons (Fsp3) is 0.520. The number of likely N-dealkylation sites (tertiary alicyclic amines) is 1. The molecule has 2 fully saturated rings. The Morgan fingerprint density at radius 2 is 1.53 bits per heavy atom. The third kappa shape index (κ3) is 16.8. The summed E-state index contributed by atoms with van der Waals surface area (Å²) < 4.78 is 46.9. The van der Waals surface area contributed by atoms with E-state index in [1.54, 1.807) is 29.4 Å². The van der Waals surface area contributed by atoms with Crippen molar-refractivity contribution in [1.82, 2.24) is 24.6 Å². The van der Waals surface area contributed by atoms with Crippen LogP contribution in [-0.4, -0.2) is 197 Å². The molecule has 0 saturated carbocycles. The number of nitrogens with zero attached hydrogens (tertiary/aromatic N) is 5. The number of carbonyl (C=O) groups is 7. The van der Waals surface area contributed by atoms with E-state index in [4.69, 9.17) is 18.9 Å². The lowest BCUT2D eigenvalue weighted by Crippen LogP contribution is -2.61. The predicted octanol–water partition coefficient (Wildman–Crippen LogP) is -0.195. The maximum atomic E-state index is 13.5. The van der Waals surface area contributed by atoms with E-state index in [2.05, 4.69) is 20.9 Å². The molecule has 27 nitrogen and oxygen atoms in total. The molecule has 28 heteroatoms. The molecule has 2 aromatic carbocycles. The summed E-state index contributed by atoms with van der Waals surface area (Å²) in [5.74, 6) is -5.03. The van der Waals surface area contributed by atoms with Crippen LogP contribution in [0.3, 0.4) is 0 Å². The highest BCUT2D eigenvalue weighted by atomic mass is 32.2. The molecule has 2 saturated heterocycles. The zero-order chi connectivity index (χ0) is 56.7. The first-order valence-corrected chi connectivity index (χ1v) is 27.2. The number of aliphatic hydroxyl groups is 3. The van der Waals surface area contributed by atoms with Crippen molar-refractivity contribution in [2.75, 3.05) is 81.0 Å². The van der Waals surface area contributed by atoms with Gasteiger partial charge in [0, 0.05) is 89.1 Å². The van der Waals surface area contributed by atoms with E-state index in [1.807, 2.05) is 0 Å². The van der Waals surface area contributed by atoms with Crippen LogP contribution in [0.5, 0.6) is 5.75 Å². The number of anilines is 4. The van der Waals surface area contributed by atoms with E-state index in [0.29, 0.717) is 51.0 Å². The summed E-state index contributed by atoms with van der Waals surface area (Å²) in [5, 5.41) is 49.2. The molecule has 4 heterocycles. The minimum atomic E-state index is -3.57. The third-order valence-electron chi connectivity index (χ3n) is 13.0. The van der Waals surface area contributed by atoms with E-state index in [9.17, 15) is 72.0 Å². The summed E-state index contributed by atoms with van der Waals surface area (Å²) in [7, 11) is -2.28. The van der Waals surface area contributed by atoms with Crippen LogP contribution in [0.25, 0.3) is 0 Å². The van der Waals surface area contributed by atoms with Crippen molar-refractivity contribution in [1.29, 1.82) is 0 Å². The third-order valence-corrected chi connectivity index (χ3v) is 13.9. The Morgan fingerprint density at radius 1 is 0.859 bits per heavy atom. The molecule has 78 heavy (non-hydrogen) atoms. The number of aliphatic hydroxyl groups excluding tert-OH is 3. The average Bonchev–Trinajstić information content (AvgIpc) is 3.73. The van der Waals surface area contributed by atoms with Crippen LogP contribution >= 0.6 is 0 Å². The average molecular weight is 1110 g/mol. The number of sulfone groups is 1. The summed E-state index contributed by atoms with van der Waals surface area (Å²) in [4.78, 5) is 121. The van der Waals surface area contributed by atoms with Crippen LogP contribution in [0.1, 0.15) is 63.4 Å². The summed E-state index contributed by atoms with van der Waals surface area (Å²) >= 11 is 0. The Morgan fingerprint density at radius 3 is 2.21 bits per heavy atom. The summed E-state index contributed by atoms with van der Waals surface area (Å²) in [5.41, 5.74) is 0.0236. The molecule has 3 aromatic rings. The second-order valence-corrected chi connectivity index (χ2v) is 21.2. The first kappa shape index (κ1) is 59.9. The van der Waals surface area contributed by atoms with E-state index in [-0.39, 0.29) is 66.6 Å². The molecular formula is C50H64N8O19S. The largest absolute Gasteiger partial charge is 0.479 e. The van der Waals surface area contributed by atoms with Gasteiger partial charge >= 0.3 is 12.1 Å². The lowest BCUT2D eigenvalue weighted by atomic mass is 9.99. The number of unbranched alkanes of at least 4 members (excludes halogenated alkanes) is 4. The van der Waals surface area contributed by atoms with Gasteiger partial charge in [-0.2, -0.15) is 0 Å². The van der Waals surface area contributed by atoms with Crippen LogP contribution < -0.4 is 31.5 Å². The van der Waals surface area contributed by atoms with Crippen LogP contribution in [-0.2, 0) is 59.4 Å². The second kappa shape index (κ2) is 27.8. The highest BCUT2D eigenvalue weighted by molar-refractivity contribution is 7.90.